The number of hydrogen-bond donors (Lipinski definition) is 1. The van der Waals surface area contributed by atoms with Crippen LogP contribution in [0.1, 0.15) is 38.3 Å². The number of rotatable bonds is 11. The predicted octanol–water partition coefficient (Wildman–Crippen LogP) is 3.61. The lowest BCUT2D eigenvalue weighted by atomic mass is 10.1. The Hall–Kier alpha value is -2.58. The maximum absolute atomic E-state index is 13.5. The number of hydrogen-bond acceptors (Lipinski definition) is 4. The lowest BCUT2D eigenvalue weighted by molar-refractivity contribution is -0.139. The summed E-state index contributed by atoms with van der Waals surface area (Å²) in [6.45, 7) is 5.62. The van der Waals surface area contributed by atoms with Gasteiger partial charge >= 0.3 is 0 Å². The van der Waals surface area contributed by atoms with E-state index in [1.165, 1.54) is 4.90 Å². The number of amides is 2. The monoisotopic (exact) mass is 493 g/mol. The molecule has 2 amide bonds. The summed E-state index contributed by atoms with van der Waals surface area (Å²) in [4.78, 5) is 27.6. The summed E-state index contributed by atoms with van der Waals surface area (Å²) in [6, 6.07) is 13.3. The average molecular weight is 494 g/mol. The molecule has 33 heavy (non-hydrogen) atoms. The SMILES string of the molecule is CCCNC(=O)[C@H](C)N(Cc1ccccc1Cl)C(=O)CN(c1ccccc1CC)S(C)(=O)=O. The summed E-state index contributed by atoms with van der Waals surface area (Å²) in [5.41, 5.74) is 1.93. The van der Waals surface area contributed by atoms with Gasteiger partial charge in [-0.2, -0.15) is 0 Å². The molecule has 0 heterocycles. The highest BCUT2D eigenvalue weighted by Gasteiger charge is 2.30. The van der Waals surface area contributed by atoms with Crippen molar-refractivity contribution in [2.45, 2.75) is 46.2 Å². The molecule has 0 aliphatic rings. The number of carbonyl (C=O) groups is 2. The molecule has 0 radical (unpaired) electrons. The molecule has 0 bridgehead atoms. The van der Waals surface area contributed by atoms with Gasteiger partial charge in [0.25, 0.3) is 0 Å². The highest BCUT2D eigenvalue weighted by atomic mass is 35.5. The Bertz CT molecular complexity index is 1070. The van der Waals surface area contributed by atoms with Crippen LogP contribution in [-0.2, 0) is 32.6 Å². The molecule has 0 spiro atoms. The van der Waals surface area contributed by atoms with Gasteiger partial charge in [-0.05, 0) is 43.0 Å². The first kappa shape index (κ1) is 26.7. The first-order chi connectivity index (χ1) is 15.6. The van der Waals surface area contributed by atoms with Crippen molar-refractivity contribution < 1.29 is 18.0 Å². The summed E-state index contributed by atoms with van der Waals surface area (Å²) in [5, 5.41) is 3.27. The minimum atomic E-state index is -3.76. The normalized spacial score (nSPS) is 12.2. The van der Waals surface area contributed by atoms with Crippen LogP contribution in [0.15, 0.2) is 48.5 Å². The fourth-order valence-electron chi connectivity index (χ4n) is 3.44. The molecule has 0 aliphatic heterocycles. The van der Waals surface area contributed by atoms with Crippen LogP contribution >= 0.6 is 11.6 Å². The molecule has 0 unspecified atom stereocenters. The van der Waals surface area contributed by atoms with Gasteiger partial charge in [0, 0.05) is 18.1 Å². The average Bonchev–Trinajstić information content (AvgIpc) is 2.79. The van der Waals surface area contributed by atoms with E-state index in [-0.39, 0.29) is 12.5 Å². The third kappa shape index (κ3) is 7.20. The second-order valence-electron chi connectivity index (χ2n) is 7.83. The zero-order valence-corrected chi connectivity index (χ0v) is 21.1. The van der Waals surface area contributed by atoms with Crippen LogP contribution in [0.2, 0.25) is 5.02 Å². The van der Waals surface area contributed by atoms with Crippen molar-refractivity contribution in [2.75, 3.05) is 23.7 Å². The van der Waals surface area contributed by atoms with Gasteiger partial charge in [-0.25, -0.2) is 8.42 Å². The summed E-state index contributed by atoms with van der Waals surface area (Å²) in [7, 11) is -3.76. The summed E-state index contributed by atoms with van der Waals surface area (Å²) in [6.07, 6.45) is 2.44. The van der Waals surface area contributed by atoms with Gasteiger partial charge < -0.3 is 10.2 Å². The van der Waals surface area contributed by atoms with Gasteiger partial charge in [0.15, 0.2) is 0 Å². The van der Waals surface area contributed by atoms with E-state index in [4.69, 9.17) is 11.6 Å². The third-order valence-electron chi connectivity index (χ3n) is 5.34. The van der Waals surface area contributed by atoms with Crippen molar-refractivity contribution in [3.8, 4) is 0 Å². The number of nitrogens with one attached hydrogen (secondary N) is 1. The van der Waals surface area contributed by atoms with E-state index in [0.29, 0.717) is 29.2 Å². The Morgan fingerprint density at radius 2 is 1.64 bits per heavy atom. The first-order valence-electron chi connectivity index (χ1n) is 11.0. The standard InChI is InChI=1S/C24H32ClN3O4S/c1-5-15-26-24(30)18(3)27(16-20-12-7-9-13-21(20)25)23(29)17-28(33(4,31)32)22-14-10-8-11-19(22)6-2/h7-14,18H,5-6,15-17H2,1-4H3,(H,26,30)/t18-/m0/s1. The van der Waals surface area contributed by atoms with Gasteiger partial charge in [-0.15, -0.1) is 0 Å². The van der Waals surface area contributed by atoms with Gasteiger partial charge in [-0.1, -0.05) is 61.8 Å². The molecule has 9 heteroatoms. The molecule has 0 saturated heterocycles. The van der Waals surface area contributed by atoms with Crippen molar-refractivity contribution in [3.05, 3.63) is 64.7 Å². The van der Waals surface area contributed by atoms with Gasteiger partial charge in [0.05, 0.1) is 11.9 Å². The second-order valence-corrected chi connectivity index (χ2v) is 10.1. The van der Waals surface area contributed by atoms with Crippen molar-refractivity contribution in [1.82, 2.24) is 10.2 Å². The number of benzene rings is 2. The summed E-state index contributed by atoms with van der Waals surface area (Å²) in [5.74, 6) is -0.803. The number of carbonyl (C=O) groups excluding carboxylic acids is 2. The molecule has 1 N–H and O–H groups in total. The smallest absolute Gasteiger partial charge is 0.244 e. The molecular formula is C24H32ClN3O4S. The quantitative estimate of drug-likeness (QED) is 0.518. The van der Waals surface area contributed by atoms with Crippen LogP contribution in [0.5, 0.6) is 0 Å². The fourth-order valence-corrected chi connectivity index (χ4v) is 4.51. The first-order valence-corrected chi connectivity index (χ1v) is 13.2. The fraction of sp³-hybridized carbons (Fsp3) is 0.417. The van der Waals surface area contributed by atoms with Crippen LogP contribution in [0.25, 0.3) is 0 Å². The Kier molecular flexibility index (Phi) is 9.73. The van der Waals surface area contributed by atoms with E-state index in [2.05, 4.69) is 5.32 Å². The molecule has 0 fully saturated rings. The maximum atomic E-state index is 13.5. The zero-order valence-electron chi connectivity index (χ0n) is 19.5. The summed E-state index contributed by atoms with van der Waals surface area (Å²) >= 11 is 6.31. The van der Waals surface area contributed by atoms with Crippen LogP contribution in [0.4, 0.5) is 5.69 Å². The Morgan fingerprint density at radius 1 is 1.03 bits per heavy atom. The molecule has 1 atom stereocenters. The lowest BCUT2D eigenvalue weighted by Crippen LogP contribution is -2.51. The van der Waals surface area contributed by atoms with Crippen molar-refractivity contribution in [3.63, 3.8) is 0 Å². The molecular weight excluding hydrogens is 462 g/mol. The molecule has 180 valence electrons. The minimum Gasteiger partial charge on any atom is -0.354 e. The van der Waals surface area contributed by atoms with E-state index < -0.39 is 28.5 Å². The Balaban J connectivity index is 2.42. The van der Waals surface area contributed by atoms with Crippen LogP contribution < -0.4 is 9.62 Å². The topological polar surface area (TPSA) is 86.8 Å². The van der Waals surface area contributed by atoms with Crippen molar-refractivity contribution in [2.24, 2.45) is 0 Å². The van der Waals surface area contributed by atoms with E-state index in [0.717, 1.165) is 22.5 Å². The Morgan fingerprint density at radius 3 is 2.21 bits per heavy atom. The maximum Gasteiger partial charge on any atom is 0.244 e. The van der Waals surface area contributed by atoms with Crippen molar-refractivity contribution >= 4 is 39.1 Å². The lowest BCUT2D eigenvalue weighted by Gasteiger charge is -2.32. The molecule has 7 nitrogen and oxygen atoms in total. The van der Waals surface area contributed by atoms with Gasteiger partial charge in [0.1, 0.15) is 12.6 Å². The number of nitrogens with zero attached hydrogens (tertiary/aromatic N) is 2. The third-order valence-corrected chi connectivity index (χ3v) is 6.83. The van der Waals surface area contributed by atoms with E-state index in [9.17, 15) is 18.0 Å². The van der Waals surface area contributed by atoms with Crippen molar-refractivity contribution in [1.29, 1.82) is 0 Å². The minimum absolute atomic E-state index is 0.0756. The van der Waals surface area contributed by atoms with Crippen LogP contribution in [0, 0.1) is 0 Å². The number of anilines is 1. The molecule has 2 rings (SSSR count). The van der Waals surface area contributed by atoms with Crippen LogP contribution in [0.3, 0.4) is 0 Å². The highest BCUT2D eigenvalue weighted by Crippen LogP contribution is 2.25. The second kappa shape index (κ2) is 12.0. The van der Waals surface area contributed by atoms with Gasteiger partial charge in [0.2, 0.25) is 21.8 Å². The molecule has 0 aliphatic carbocycles. The number of para-hydroxylation sites is 1. The number of halogens is 1. The Labute approximate surface area is 201 Å². The number of sulfonamides is 1. The largest absolute Gasteiger partial charge is 0.354 e. The van der Waals surface area contributed by atoms with Crippen LogP contribution in [-0.4, -0.2) is 50.5 Å². The predicted molar refractivity (Wildman–Crippen MR) is 133 cm³/mol. The summed E-state index contributed by atoms with van der Waals surface area (Å²) < 4.78 is 26.4. The molecule has 0 saturated carbocycles. The van der Waals surface area contributed by atoms with Gasteiger partial charge in [-0.3, -0.25) is 13.9 Å². The van der Waals surface area contributed by atoms with E-state index in [1.54, 1.807) is 43.3 Å². The van der Waals surface area contributed by atoms with E-state index >= 15 is 0 Å². The molecule has 2 aromatic rings. The molecule has 2 aromatic carbocycles. The highest BCUT2D eigenvalue weighted by molar-refractivity contribution is 7.92. The molecule has 0 aromatic heterocycles. The van der Waals surface area contributed by atoms with E-state index in [1.807, 2.05) is 26.0 Å². The zero-order chi connectivity index (χ0) is 24.6. The number of aryl methyl sites for hydroxylation is 1.